The summed E-state index contributed by atoms with van der Waals surface area (Å²) in [5.41, 5.74) is 2.68. The second kappa shape index (κ2) is 7.08. The van der Waals surface area contributed by atoms with Crippen LogP contribution in [0.15, 0.2) is 65.6 Å². The number of amides is 1. The van der Waals surface area contributed by atoms with E-state index in [4.69, 9.17) is 5.21 Å². The third-order valence-electron chi connectivity index (χ3n) is 3.20. The minimum atomic E-state index is -3.62. The third-order valence-corrected chi connectivity index (χ3v) is 5.00. The third kappa shape index (κ3) is 3.97. The van der Waals surface area contributed by atoms with E-state index >= 15 is 0 Å². The molecule has 7 heteroatoms. The molecular formula is C16H16N2O4S. The maximum atomic E-state index is 12.5. The van der Waals surface area contributed by atoms with Crippen molar-refractivity contribution in [2.24, 2.45) is 0 Å². The first-order chi connectivity index (χ1) is 10.9. The SMILES string of the molecule is CN(c1ccc(/C=C/C(=O)NO)cc1)S(=O)(=O)c1ccccc1. The molecule has 120 valence electrons. The molecule has 0 atom stereocenters. The zero-order chi connectivity index (χ0) is 16.9. The van der Waals surface area contributed by atoms with E-state index in [2.05, 4.69) is 0 Å². The molecule has 0 aliphatic heterocycles. The highest BCUT2D eigenvalue weighted by atomic mass is 32.2. The normalized spacial score (nSPS) is 11.4. The molecule has 0 fully saturated rings. The molecular weight excluding hydrogens is 316 g/mol. The monoisotopic (exact) mass is 332 g/mol. The fourth-order valence-electron chi connectivity index (χ4n) is 1.89. The van der Waals surface area contributed by atoms with Crippen molar-refractivity contribution in [3.05, 3.63) is 66.2 Å². The first-order valence-electron chi connectivity index (χ1n) is 6.71. The van der Waals surface area contributed by atoms with Gasteiger partial charge in [-0.1, -0.05) is 30.3 Å². The number of carbonyl (C=O) groups excluding carboxylic acids is 1. The molecule has 2 rings (SSSR count). The summed E-state index contributed by atoms with van der Waals surface area (Å²) in [5, 5.41) is 8.40. The maximum absolute atomic E-state index is 12.5. The van der Waals surface area contributed by atoms with Gasteiger partial charge in [0.25, 0.3) is 15.9 Å². The molecule has 0 aliphatic carbocycles. The summed E-state index contributed by atoms with van der Waals surface area (Å²) in [5.74, 6) is -0.641. The summed E-state index contributed by atoms with van der Waals surface area (Å²) in [6, 6.07) is 14.8. The van der Waals surface area contributed by atoms with Crippen LogP contribution in [0.4, 0.5) is 5.69 Å². The second-order valence-corrected chi connectivity index (χ2v) is 6.66. The number of hydroxylamine groups is 1. The Labute approximate surface area is 134 Å². The Bertz CT molecular complexity index is 800. The van der Waals surface area contributed by atoms with E-state index in [1.54, 1.807) is 42.5 Å². The molecule has 0 aliphatic rings. The molecule has 0 unspecified atom stereocenters. The van der Waals surface area contributed by atoms with Crippen LogP contribution >= 0.6 is 0 Å². The van der Waals surface area contributed by atoms with E-state index in [0.717, 1.165) is 0 Å². The van der Waals surface area contributed by atoms with Crippen LogP contribution in [-0.4, -0.2) is 26.6 Å². The molecule has 2 aromatic carbocycles. The molecule has 0 heterocycles. The summed E-state index contributed by atoms with van der Waals surface area (Å²) in [4.78, 5) is 11.1. The van der Waals surface area contributed by atoms with Gasteiger partial charge in [0.2, 0.25) is 0 Å². The van der Waals surface area contributed by atoms with E-state index in [9.17, 15) is 13.2 Å². The van der Waals surface area contributed by atoms with Gasteiger partial charge in [-0.3, -0.25) is 14.3 Å². The summed E-state index contributed by atoms with van der Waals surface area (Å²) >= 11 is 0. The molecule has 0 saturated carbocycles. The summed E-state index contributed by atoms with van der Waals surface area (Å²) in [6.07, 6.45) is 2.67. The average molecular weight is 332 g/mol. The topological polar surface area (TPSA) is 86.7 Å². The van der Waals surface area contributed by atoms with Crippen LogP contribution in [0.1, 0.15) is 5.56 Å². The molecule has 0 radical (unpaired) electrons. The van der Waals surface area contributed by atoms with Crippen molar-refractivity contribution in [2.75, 3.05) is 11.4 Å². The summed E-state index contributed by atoms with van der Waals surface area (Å²) in [7, 11) is -2.14. The van der Waals surface area contributed by atoms with Crippen molar-refractivity contribution in [2.45, 2.75) is 4.90 Å². The van der Waals surface area contributed by atoms with Crippen molar-refractivity contribution >= 4 is 27.7 Å². The fourth-order valence-corrected chi connectivity index (χ4v) is 3.11. The number of nitrogens with one attached hydrogen (secondary N) is 1. The van der Waals surface area contributed by atoms with Gasteiger partial charge < -0.3 is 0 Å². The lowest BCUT2D eigenvalue weighted by molar-refractivity contribution is -0.124. The van der Waals surface area contributed by atoms with Gasteiger partial charge >= 0.3 is 0 Å². The summed E-state index contributed by atoms with van der Waals surface area (Å²) < 4.78 is 26.2. The van der Waals surface area contributed by atoms with Gasteiger partial charge in [-0.15, -0.1) is 0 Å². The van der Waals surface area contributed by atoms with Crippen LogP contribution in [0.2, 0.25) is 0 Å². The fraction of sp³-hybridized carbons (Fsp3) is 0.0625. The van der Waals surface area contributed by atoms with E-state index in [1.807, 2.05) is 0 Å². The molecule has 0 spiro atoms. The number of sulfonamides is 1. The Morgan fingerprint density at radius 3 is 2.26 bits per heavy atom. The highest BCUT2D eigenvalue weighted by Crippen LogP contribution is 2.22. The lowest BCUT2D eigenvalue weighted by atomic mass is 10.2. The molecule has 0 bridgehead atoms. The maximum Gasteiger partial charge on any atom is 0.267 e. The van der Waals surface area contributed by atoms with Gasteiger partial charge in [0, 0.05) is 13.1 Å². The number of hydrogen-bond donors (Lipinski definition) is 2. The quantitative estimate of drug-likeness (QED) is 0.498. The zero-order valence-corrected chi connectivity index (χ0v) is 13.2. The van der Waals surface area contributed by atoms with E-state index in [0.29, 0.717) is 11.3 Å². The minimum Gasteiger partial charge on any atom is -0.288 e. The van der Waals surface area contributed by atoms with Gasteiger partial charge in [0.1, 0.15) is 0 Å². The van der Waals surface area contributed by atoms with Crippen LogP contribution in [-0.2, 0) is 14.8 Å². The second-order valence-electron chi connectivity index (χ2n) is 4.69. The predicted molar refractivity (Wildman–Crippen MR) is 87.4 cm³/mol. The molecule has 2 N–H and O–H groups in total. The Morgan fingerprint density at radius 2 is 1.70 bits per heavy atom. The van der Waals surface area contributed by atoms with Gasteiger partial charge in [0.15, 0.2) is 0 Å². The van der Waals surface area contributed by atoms with Gasteiger partial charge in [-0.25, -0.2) is 13.9 Å². The smallest absolute Gasteiger partial charge is 0.267 e. The first-order valence-corrected chi connectivity index (χ1v) is 8.15. The Morgan fingerprint density at radius 1 is 1.09 bits per heavy atom. The Balaban J connectivity index is 2.22. The largest absolute Gasteiger partial charge is 0.288 e. The minimum absolute atomic E-state index is 0.214. The number of rotatable bonds is 5. The van der Waals surface area contributed by atoms with E-state index in [-0.39, 0.29) is 4.90 Å². The average Bonchev–Trinajstić information content (AvgIpc) is 2.60. The van der Waals surface area contributed by atoms with E-state index < -0.39 is 15.9 Å². The van der Waals surface area contributed by atoms with Crippen LogP contribution in [0.25, 0.3) is 6.08 Å². The molecule has 0 aromatic heterocycles. The number of anilines is 1. The lowest BCUT2D eigenvalue weighted by Gasteiger charge is -2.19. The highest BCUT2D eigenvalue weighted by molar-refractivity contribution is 7.92. The van der Waals surface area contributed by atoms with Crippen LogP contribution in [0.3, 0.4) is 0 Å². The Kier molecular flexibility index (Phi) is 5.15. The van der Waals surface area contributed by atoms with Gasteiger partial charge in [0.05, 0.1) is 10.6 Å². The van der Waals surface area contributed by atoms with E-state index in [1.165, 1.54) is 41.1 Å². The highest BCUT2D eigenvalue weighted by Gasteiger charge is 2.20. The molecule has 23 heavy (non-hydrogen) atoms. The van der Waals surface area contributed by atoms with Gasteiger partial charge in [-0.05, 0) is 35.9 Å². The molecule has 0 saturated heterocycles. The Hall–Kier alpha value is -2.64. The van der Waals surface area contributed by atoms with Crippen LogP contribution in [0.5, 0.6) is 0 Å². The first kappa shape index (κ1) is 16.7. The molecule has 1 amide bonds. The van der Waals surface area contributed by atoms with Crippen molar-refractivity contribution in [1.29, 1.82) is 0 Å². The van der Waals surface area contributed by atoms with Crippen molar-refractivity contribution in [3.8, 4) is 0 Å². The standard InChI is InChI=1S/C16H16N2O4S/c1-18(23(21,22)15-5-3-2-4-6-15)14-10-7-13(8-11-14)9-12-16(19)17-20/h2-12,20H,1H3,(H,17,19)/b12-9+. The van der Waals surface area contributed by atoms with Crippen molar-refractivity contribution in [1.82, 2.24) is 5.48 Å². The number of carbonyl (C=O) groups is 1. The predicted octanol–water partition coefficient (Wildman–Crippen LogP) is 2.03. The van der Waals surface area contributed by atoms with Crippen LogP contribution < -0.4 is 9.79 Å². The van der Waals surface area contributed by atoms with Gasteiger partial charge in [-0.2, -0.15) is 0 Å². The zero-order valence-electron chi connectivity index (χ0n) is 12.4. The number of hydrogen-bond acceptors (Lipinski definition) is 4. The number of benzene rings is 2. The van der Waals surface area contributed by atoms with Crippen molar-refractivity contribution < 1.29 is 18.4 Å². The molecule has 2 aromatic rings. The van der Waals surface area contributed by atoms with Crippen LogP contribution in [0, 0.1) is 0 Å². The lowest BCUT2D eigenvalue weighted by Crippen LogP contribution is -2.26. The van der Waals surface area contributed by atoms with Crippen molar-refractivity contribution in [3.63, 3.8) is 0 Å². The summed E-state index contributed by atoms with van der Waals surface area (Å²) in [6.45, 7) is 0. The number of nitrogens with zero attached hydrogens (tertiary/aromatic N) is 1. The molecule has 6 nitrogen and oxygen atoms in total.